The quantitative estimate of drug-likeness (QED) is 0.840. The van der Waals surface area contributed by atoms with Crippen LogP contribution < -0.4 is 5.73 Å². The van der Waals surface area contributed by atoms with E-state index in [0.717, 1.165) is 12.8 Å². The van der Waals surface area contributed by atoms with Gasteiger partial charge in [0, 0.05) is 18.3 Å². The van der Waals surface area contributed by atoms with Crippen LogP contribution >= 0.6 is 0 Å². The average molecular weight is 236 g/mol. The van der Waals surface area contributed by atoms with Crippen molar-refractivity contribution < 1.29 is 4.79 Å². The Morgan fingerprint density at radius 3 is 2.65 bits per heavy atom. The van der Waals surface area contributed by atoms with Gasteiger partial charge in [0.05, 0.1) is 0 Å². The molecule has 94 valence electrons. The molecule has 1 amide bonds. The van der Waals surface area contributed by atoms with Crippen molar-refractivity contribution in [2.45, 2.75) is 51.7 Å². The number of anilines is 1. The first kappa shape index (κ1) is 12.0. The molecule has 0 bridgehead atoms. The Morgan fingerprint density at radius 1 is 1.47 bits per heavy atom. The van der Waals surface area contributed by atoms with Gasteiger partial charge < -0.3 is 10.6 Å². The van der Waals surface area contributed by atoms with Crippen molar-refractivity contribution >= 4 is 11.7 Å². The molecule has 2 rings (SSSR count). The second-order valence-electron chi connectivity index (χ2n) is 4.87. The predicted octanol–water partition coefficient (Wildman–Crippen LogP) is 1.25. The van der Waals surface area contributed by atoms with Crippen molar-refractivity contribution in [2.24, 2.45) is 0 Å². The van der Waals surface area contributed by atoms with E-state index in [1.165, 1.54) is 6.42 Å². The largest absolute Gasteiger partial charge is 0.382 e. The molecule has 1 aromatic heterocycles. The molecule has 2 atom stereocenters. The Labute approximate surface area is 102 Å². The summed E-state index contributed by atoms with van der Waals surface area (Å²) in [6.45, 7) is 4.52. The number of likely N-dealkylation sites (tertiary alicyclic amines) is 1. The minimum atomic E-state index is 0.132. The van der Waals surface area contributed by atoms with E-state index in [0.29, 0.717) is 17.9 Å². The number of nitrogens with zero attached hydrogens (tertiary/aromatic N) is 3. The number of nitrogens with two attached hydrogens (primary N) is 1. The van der Waals surface area contributed by atoms with Gasteiger partial charge in [0.1, 0.15) is 12.4 Å². The lowest BCUT2D eigenvalue weighted by atomic mass is 9.97. The molecule has 0 aliphatic carbocycles. The summed E-state index contributed by atoms with van der Waals surface area (Å²) in [5, 5.41) is 4.04. The van der Waals surface area contributed by atoms with Gasteiger partial charge in [0.25, 0.3) is 0 Å². The van der Waals surface area contributed by atoms with Crippen molar-refractivity contribution in [1.29, 1.82) is 0 Å². The Hall–Kier alpha value is -1.52. The summed E-state index contributed by atoms with van der Waals surface area (Å²) in [4.78, 5) is 14.2. The van der Waals surface area contributed by atoms with Crippen LogP contribution in [-0.4, -0.2) is 32.7 Å². The fraction of sp³-hybridized carbons (Fsp3) is 0.667. The highest BCUT2D eigenvalue weighted by Gasteiger charge is 2.28. The van der Waals surface area contributed by atoms with Crippen LogP contribution in [0.5, 0.6) is 0 Å². The molecule has 0 radical (unpaired) electrons. The molecule has 1 aliphatic heterocycles. The second-order valence-corrected chi connectivity index (χ2v) is 4.87. The van der Waals surface area contributed by atoms with E-state index in [1.807, 2.05) is 4.90 Å². The minimum absolute atomic E-state index is 0.132. The number of hydrogen-bond donors (Lipinski definition) is 1. The lowest BCUT2D eigenvalue weighted by molar-refractivity contribution is -0.138. The molecule has 1 aromatic rings. The molecular formula is C12H20N4O. The van der Waals surface area contributed by atoms with E-state index in [2.05, 4.69) is 18.9 Å². The zero-order valence-corrected chi connectivity index (χ0v) is 10.5. The summed E-state index contributed by atoms with van der Waals surface area (Å²) in [7, 11) is 0. The van der Waals surface area contributed by atoms with Crippen LogP contribution in [0.1, 0.15) is 33.1 Å². The zero-order valence-electron chi connectivity index (χ0n) is 10.5. The van der Waals surface area contributed by atoms with E-state index in [4.69, 9.17) is 5.73 Å². The Morgan fingerprint density at radius 2 is 2.12 bits per heavy atom. The van der Waals surface area contributed by atoms with Gasteiger partial charge in [-0.05, 0) is 39.2 Å². The lowest BCUT2D eigenvalue weighted by Crippen LogP contribution is -2.48. The van der Waals surface area contributed by atoms with Gasteiger partial charge in [0.15, 0.2) is 0 Å². The monoisotopic (exact) mass is 236 g/mol. The third-order valence-electron chi connectivity index (χ3n) is 3.44. The zero-order chi connectivity index (χ0) is 12.4. The van der Waals surface area contributed by atoms with E-state index < -0.39 is 0 Å². The first-order valence-corrected chi connectivity index (χ1v) is 6.18. The van der Waals surface area contributed by atoms with Crippen LogP contribution in [0.4, 0.5) is 5.82 Å². The van der Waals surface area contributed by atoms with Crippen LogP contribution in [-0.2, 0) is 11.3 Å². The highest BCUT2D eigenvalue weighted by Crippen LogP contribution is 2.22. The molecule has 0 aromatic carbocycles. The summed E-state index contributed by atoms with van der Waals surface area (Å²) < 4.78 is 1.60. The van der Waals surface area contributed by atoms with E-state index in [1.54, 1.807) is 16.9 Å². The van der Waals surface area contributed by atoms with Gasteiger partial charge in [-0.3, -0.25) is 9.48 Å². The van der Waals surface area contributed by atoms with Gasteiger partial charge in [0.2, 0.25) is 5.91 Å². The van der Waals surface area contributed by atoms with Crippen LogP contribution in [0.2, 0.25) is 0 Å². The number of amides is 1. The topological polar surface area (TPSA) is 64.2 Å². The van der Waals surface area contributed by atoms with Crippen molar-refractivity contribution in [1.82, 2.24) is 14.7 Å². The molecule has 5 nitrogen and oxygen atoms in total. The molecule has 1 aliphatic rings. The van der Waals surface area contributed by atoms with Crippen LogP contribution in [0.3, 0.4) is 0 Å². The van der Waals surface area contributed by atoms with Crippen LogP contribution in [0.15, 0.2) is 12.3 Å². The Bertz CT molecular complexity index is 391. The number of carbonyl (C=O) groups excluding carboxylic acids is 1. The summed E-state index contributed by atoms with van der Waals surface area (Å²) in [6.07, 6.45) is 5.14. The molecule has 2 heterocycles. The first-order chi connectivity index (χ1) is 8.08. The van der Waals surface area contributed by atoms with Crippen molar-refractivity contribution in [3.63, 3.8) is 0 Å². The highest BCUT2D eigenvalue weighted by molar-refractivity contribution is 5.76. The average Bonchev–Trinajstić information content (AvgIpc) is 2.63. The normalized spacial score (nSPS) is 24.9. The Kier molecular flexibility index (Phi) is 3.36. The van der Waals surface area contributed by atoms with Crippen molar-refractivity contribution in [3.05, 3.63) is 12.3 Å². The first-order valence-electron chi connectivity index (χ1n) is 6.18. The van der Waals surface area contributed by atoms with Crippen molar-refractivity contribution in [3.8, 4) is 0 Å². The highest BCUT2D eigenvalue weighted by atomic mass is 16.2. The smallest absolute Gasteiger partial charge is 0.244 e. The second kappa shape index (κ2) is 4.77. The number of piperidine rings is 1. The van der Waals surface area contributed by atoms with Crippen LogP contribution in [0, 0.1) is 0 Å². The summed E-state index contributed by atoms with van der Waals surface area (Å²) >= 11 is 0. The molecule has 1 saturated heterocycles. The minimum Gasteiger partial charge on any atom is -0.382 e. The Balaban J connectivity index is 2.03. The molecule has 1 fully saturated rings. The van der Waals surface area contributed by atoms with E-state index in [9.17, 15) is 4.79 Å². The maximum Gasteiger partial charge on any atom is 0.244 e. The molecule has 5 heteroatoms. The predicted molar refractivity (Wildman–Crippen MR) is 66.3 cm³/mol. The van der Waals surface area contributed by atoms with Gasteiger partial charge in [-0.1, -0.05) is 0 Å². The van der Waals surface area contributed by atoms with Gasteiger partial charge in [-0.25, -0.2) is 0 Å². The molecule has 0 spiro atoms. The molecule has 2 unspecified atom stereocenters. The lowest BCUT2D eigenvalue weighted by Gasteiger charge is -2.39. The number of hydrogen-bond acceptors (Lipinski definition) is 3. The SMILES string of the molecule is CC1CCCC(C)N1C(=O)Cn1ccc(N)n1. The van der Waals surface area contributed by atoms with Crippen molar-refractivity contribution in [2.75, 3.05) is 5.73 Å². The van der Waals surface area contributed by atoms with Gasteiger partial charge in [-0.15, -0.1) is 0 Å². The standard InChI is InChI=1S/C12H20N4O/c1-9-4-3-5-10(2)16(9)12(17)8-15-7-6-11(13)14-15/h6-7,9-10H,3-5,8H2,1-2H3,(H2,13,14). The molecule has 0 saturated carbocycles. The molecule has 2 N–H and O–H groups in total. The third kappa shape index (κ3) is 2.60. The maximum atomic E-state index is 12.2. The number of aromatic nitrogens is 2. The summed E-state index contributed by atoms with van der Waals surface area (Å²) in [5.41, 5.74) is 5.53. The van der Waals surface area contributed by atoms with Crippen LogP contribution in [0.25, 0.3) is 0 Å². The number of rotatable bonds is 2. The molecular weight excluding hydrogens is 216 g/mol. The fourth-order valence-electron chi connectivity index (χ4n) is 2.60. The summed E-state index contributed by atoms with van der Waals surface area (Å²) in [6, 6.07) is 2.37. The number of nitrogen functional groups attached to an aromatic ring is 1. The van der Waals surface area contributed by atoms with E-state index >= 15 is 0 Å². The third-order valence-corrected chi connectivity index (χ3v) is 3.44. The molecule has 17 heavy (non-hydrogen) atoms. The maximum absolute atomic E-state index is 12.2. The van der Waals surface area contributed by atoms with Gasteiger partial charge >= 0.3 is 0 Å². The van der Waals surface area contributed by atoms with E-state index in [-0.39, 0.29) is 12.5 Å². The summed E-state index contributed by atoms with van der Waals surface area (Å²) in [5.74, 6) is 0.588. The number of carbonyl (C=O) groups is 1. The fourth-order valence-corrected chi connectivity index (χ4v) is 2.60. The van der Waals surface area contributed by atoms with Gasteiger partial charge in [-0.2, -0.15) is 5.10 Å².